The van der Waals surface area contributed by atoms with Gasteiger partial charge in [0.05, 0.1) is 27.6 Å². The zero-order valence-corrected chi connectivity index (χ0v) is 10.5. The van der Waals surface area contributed by atoms with E-state index in [1.807, 2.05) is 0 Å². The highest BCUT2D eigenvalue weighted by Gasteiger charge is 2.13. The van der Waals surface area contributed by atoms with Gasteiger partial charge in [-0.1, -0.05) is 23.7 Å². The topological polar surface area (TPSA) is 81.1 Å². The Labute approximate surface area is 114 Å². The van der Waals surface area contributed by atoms with E-state index in [0.29, 0.717) is 0 Å². The number of benzene rings is 2. The number of halogens is 2. The van der Waals surface area contributed by atoms with E-state index in [0.717, 1.165) is 0 Å². The smallest absolute Gasteiger partial charge is 0.250 e. The van der Waals surface area contributed by atoms with Gasteiger partial charge in [0.15, 0.2) is 5.82 Å². The normalized spacial score (nSPS) is 10.2. The van der Waals surface area contributed by atoms with Crippen molar-refractivity contribution in [3.63, 3.8) is 0 Å². The van der Waals surface area contributed by atoms with Crippen LogP contribution >= 0.6 is 11.6 Å². The number of carbonyl (C=O) groups excluding carboxylic acids is 1. The molecule has 0 heterocycles. The minimum absolute atomic E-state index is 0.0277. The zero-order chi connectivity index (χ0) is 14.0. The van der Waals surface area contributed by atoms with Gasteiger partial charge in [-0.05, 0) is 24.3 Å². The van der Waals surface area contributed by atoms with E-state index >= 15 is 0 Å². The molecule has 0 radical (unpaired) electrons. The third kappa shape index (κ3) is 2.61. The molecule has 0 aliphatic carbocycles. The lowest BCUT2D eigenvalue weighted by Crippen LogP contribution is -2.14. The second-order valence-electron chi connectivity index (χ2n) is 3.86. The molecule has 0 aromatic heterocycles. The highest BCUT2D eigenvalue weighted by Crippen LogP contribution is 2.30. The van der Waals surface area contributed by atoms with Crippen molar-refractivity contribution in [3.8, 4) is 0 Å². The number of primary amides is 1. The summed E-state index contributed by atoms with van der Waals surface area (Å²) in [5, 5.41) is 2.72. The summed E-state index contributed by atoms with van der Waals surface area (Å²) in [6.07, 6.45) is 0. The fourth-order valence-electron chi connectivity index (χ4n) is 1.65. The maximum absolute atomic E-state index is 13.8. The van der Waals surface area contributed by atoms with Gasteiger partial charge in [-0.15, -0.1) is 0 Å². The van der Waals surface area contributed by atoms with Crippen LogP contribution in [-0.2, 0) is 0 Å². The highest BCUT2D eigenvalue weighted by molar-refractivity contribution is 6.31. The molecule has 98 valence electrons. The SMILES string of the molecule is NC(=O)c1cccc(N)c1Nc1cccc(Cl)c1F. The van der Waals surface area contributed by atoms with Crippen molar-refractivity contribution in [1.82, 2.24) is 0 Å². The van der Waals surface area contributed by atoms with E-state index in [2.05, 4.69) is 5.32 Å². The Bertz CT molecular complexity index is 646. The third-order valence-corrected chi connectivity index (χ3v) is 2.87. The molecular weight excluding hydrogens is 269 g/mol. The monoisotopic (exact) mass is 279 g/mol. The Kier molecular flexibility index (Phi) is 3.57. The first-order valence-corrected chi connectivity index (χ1v) is 5.78. The molecule has 2 aromatic rings. The Hall–Kier alpha value is -2.27. The summed E-state index contributed by atoms with van der Waals surface area (Å²) in [5.74, 6) is -1.28. The third-order valence-electron chi connectivity index (χ3n) is 2.57. The maximum atomic E-state index is 13.8. The quantitative estimate of drug-likeness (QED) is 0.756. The van der Waals surface area contributed by atoms with Gasteiger partial charge in [0, 0.05) is 0 Å². The van der Waals surface area contributed by atoms with E-state index < -0.39 is 11.7 Å². The first-order valence-electron chi connectivity index (χ1n) is 5.40. The fraction of sp³-hybridized carbons (Fsp3) is 0. The van der Waals surface area contributed by atoms with Gasteiger partial charge in [0.25, 0.3) is 5.91 Å². The minimum atomic E-state index is -0.655. The van der Waals surface area contributed by atoms with Crippen LogP contribution < -0.4 is 16.8 Å². The van der Waals surface area contributed by atoms with E-state index in [-0.39, 0.29) is 27.6 Å². The Morgan fingerprint density at radius 3 is 2.58 bits per heavy atom. The summed E-state index contributed by atoms with van der Waals surface area (Å²) >= 11 is 5.68. The number of amides is 1. The largest absolute Gasteiger partial charge is 0.397 e. The van der Waals surface area contributed by atoms with Crippen molar-refractivity contribution in [2.24, 2.45) is 5.73 Å². The van der Waals surface area contributed by atoms with E-state index in [1.165, 1.54) is 18.2 Å². The zero-order valence-electron chi connectivity index (χ0n) is 9.78. The molecule has 0 aliphatic heterocycles. The van der Waals surface area contributed by atoms with Crippen LogP contribution in [0.4, 0.5) is 21.5 Å². The van der Waals surface area contributed by atoms with Crippen LogP contribution in [-0.4, -0.2) is 5.91 Å². The molecule has 4 nitrogen and oxygen atoms in total. The van der Waals surface area contributed by atoms with E-state index in [4.69, 9.17) is 23.1 Å². The number of hydrogen-bond acceptors (Lipinski definition) is 3. The lowest BCUT2D eigenvalue weighted by Gasteiger charge is -2.13. The van der Waals surface area contributed by atoms with Crippen LogP contribution in [0.15, 0.2) is 36.4 Å². The number of nitrogen functional groups attached to an aromatic ring is 1. The van der Waals surface area contributed by atoms with Crippen molar-refractivity contribution in [3.05, 3.63) is 52.8 Å². The number of nitrogens with two attached hydrogens (primary N) is 2. The van der Waals surface area contributed by atoms with Crippen molar-refractivity contribution in [2.75, 3.05) is 11.1 Å². The number of anilines is 3. The number of hydrogen-bond donors (Lipinski definition) is 3. The molecule has 1 amide bonds. The van der Waals surface area contributed by atoms with Crippen molar-refractivity contribution < 1.29 is 9.18 Å². The Balaban J connectivity index is 2.49. The molecule has 19 heavy (non-hydrogen) atoms. The summed E-state index contributed by atoms with van der Waals surface area (Å²) in [6, 6.07) is 9.16. The summed E-state index contributed by atoms with van der Waals surface area (Å²) in [6.45, 7) is 0. The first-order chi connectivity index (χ1) is 9.00. The van der Waals surface area contributed by atoms with Crippen LogP contribution in [0.3, 0.4) is 0 Å². The summed E-state index contributed by atoms with van der Waals surface area (Å²) < 4.78 is 13.8. The van der Waals surface area contributed by atoms with Gasteiger partial charge in [-0.3, -0.25) is 4.79 Å². The molecule has 0 spiro atoms. The molecule has 5 N–H and O–H groups in total. The van der Waals surface area contributed by atoms with Gasteiger partial charge >= 0.3 is 0 Å². The second-order valence-corrected chi connectivity index (χ2v) is 4.27. The van der Waals surface area contributed by atoms with Crippen LogP contribution in [0.2, 0.25) is 5.02 Å². The van der Waals surface area contributed by atoms with E-state index in [1.54, 1.807) is 18.2 Å². The number of nitrogens with one attached hydrogen (secondary N) is 1. The van der Waals surface area contributed by atoms with Crippen LogP contribution in [0.1, 0.15) is 10.4 Å². The molecule has 0 bridgehead atoms. The number of carbonyl (C=O) groups is 1. The number of para-hydroxylation sites is 1. The number of rotatable bonds is 3. The van der Waals surface area contributed by atoms with Gasteiger partial charge in [0.2, 0.25) is 0 Å². The predicted octanol–water partition coefficient (Wildman–Crippen LogP) is 2.90. The van der Waals surface area contributed by atoms with Crippen molar-refractivity contribution in [1.29, 1.82) is 0 Å². The molecule has 0 saturated heterocycles. The molecule has 6 heteroatoms. The molecule has 0 atom stereocenters. The van der Waals surface area contributed by atoms with Crippen LogP contribution in [0, 0.1) is 5.82 Å². The standard InChI is InChI=1S/C13H11ClFN3O/c14-8-4-2-6-10(11(8)15)18-12-7(13(17)19)3-1-5-9(12)16/h1-6,18H,16H2,(H2,17,19). The molecule has 2 aromatic carbocycles. The second kappa shape index (κ2) is 5.16. The van der Waals surface area contributed by atoms with Crippen molar-refractivity contribution in [2.45, 2.75) is 0 Å². The Morgan fingerprint density at radius 2 is 1.89 bits per heavy atom. The van der Waals surface area contributed by atoms with Crippen LogP contribution in [0.25, 0.3) is 0 Å². The molecule has 0 aliphatic rings. The molecule has 2 rings (SSSR count). The summed E-state index contributed by atoms with van der Waals surface area (Å²) in [4.78, 5) is 11.3. The van der Waals surface area contributed by atoms with Crippen molar-refractivity contribution >= 4 is 34.6 Å². The summed E-state index contributed by atoms with van der Waals surface area (Å²) in [5.41, 5.74) is 11.9. The lowest BCUT2D eigenvalue weighted by atomic mass is 10.1. The average Bonchev–Trinajstić information content (AvgIpc) is 2.36. The lowest BCUT2D eigenvalue weighted by molar-refractivity contribution is 0.100. The molecular formula is C13H11ClFN3O. The van der Waals surface area contributed by atoms with Gasteiger partial charge in [-0.2, -0.15) is 0 Å². The van der Waals surface area contributed by atoms with Gasteiger partial charge in [0.1, 0.15) is 0 Å². The van der Waals surface area contributed by atoms with E-state index in [9.17, 15) is 9.18 Å². The average molecular weight is 280 g/mol. The fourth-order valence-corrected chi connectivity index (χ4v) is 1.82. The predicted molar refractivity (Wildman–Crippen MR) is 74.1 cm³/mol. The highest BCUT2D eigenvalue weighted by atomic mass is 35.5. The minimum Gasteiger partial charge on any atom is -0.397 e. The maximum Gasteiger partial charge on any atom is 0.250 e. The summed E-state index contributed by atoms with van der Waals surface area (Å²) in [7, 11) is 0. The molecule has 0 saturated carbocycles. The van der Waals surface area contributed by atoms with Gasteiger partial charge in [-0.25, -0.2) is 4.39 Å². The van der Waals surface area contributed by atoms with Crippen LogP contribution in [0.5, 0.6) is 0 Å². The molecule has 0 unspecified atom stereocenters. The Morgan fingerprint density at radius 1 is 1.21 bits per heavy atom. The molecule has 0 fully saturated rings. The van der Waals surface area contributed by atoms with Gasteiger partial charge < -0.3 is 16.8 Å². The first kappa shape index (κ1) is 13.2.